The fourth-order valence-electron chi connectivity index (χ4n) is 3.28. The van der Waals surface area contributed by atoms with Crippen LogP contribution in [0.15, 0.2) is 24.3 Å². The first kappa shape index (κ1) is 13.5. The molecule has 0 radical (unpaired) electrons. The maximum Gasteiger partial charge on any atom is 0.129 e. The molecule has 1 aliphatic carbocycles. The lowest BCUT2D eigenvalue weighted by molar-refractivity contribution is 0.516. The van der Waals surface area contributed by atoms with Crippen molar-refractivity contribution in [1.82, 2.24) is 9.78 Å². The predicted molar refractivity (Wildman–Crippen MR) is 83.8 cm³/mol. The summed E-state index contributed by atoms with van der Waals surface area (Å²) in [5.41, 5.74) is 9.60. The van der Waals surface area contributed by atoms with Crippen LogP contribution in [0.2, 0.25) is 5.02 Å². The molecule has 0 spiro atoms. The van der Waals surface area contributed by atoms with Gasteiger partial charge in [-0.05, 0) is 30.0 Å². The average Bonchev–Trinajstić information content (AvgIpc) is 2.96. The van der Waals surface area contributed by atoms with Crippen LogP contribution in [0.1, 0.15) is 37.8 Å². The molecule has 2 N–H and O–H groups in total. The van der Waals surface area contributed by atoms with Gasteiger partial charge in [0.2, 0.25) is 0 Å². The van der Waals surface area contributed by atoms with Crippen molar-refractivity contribution in [2.24, 2.45) is 13.0 Å². The fourth-order valence-corrected chi connectivity index (χ4v) is 3.41. The van der Waals surface area contributed by atoms with E-state index in [1.165, 1.54) is 19.3 Å². The summed E-state index contributed by atoms with van der Waals surface area (Å²) >= 11 is 5.98. The molecule has 1 aromatic carbocycles. The van der Waals surface area contributed by atoms with Crippen molar-refractivity contribution in [1.29, 1.82) is 0 Å². The van der Waals surface area contributed by atoms with Gasteiger partial charge in [0, 0.05) is 23.6 Å². The standard InChI is InChI=1S/C16H20ClN3/c1-10-4-3-5-13(10)15-14(16(18)20(2)19-15)11-6-8-12(17)9-7-11/h6-10,13H,3-5,18H2,1-2H3. The number of nitrogens with two attached hydrogens (primary N) is 1. The Morgan fingerprint density at radius 1 is 1.25 bits per heavy atom. The molecule has 2 unspecified atom stereocenters. The van der Waals surface area contributed by atoms with Gasteiger partial charge in [0.15, 0.2) is 0 Å². The van der Waals surface area contributed by atoms with Gasteiger partial charge in [-0.2, -0.15) is 5.10 Å². The molecule has 0 saturated heterocycles. The third-order valence-corrected chi connectivity index (χ3v) is 4.72. The van der Waals surface area contributed by atoms with E-state index in [0.29, 0.717) is 11.8 Å². The Bertz CT molecular complexity index is 615. The second kappa shape index (κ2) is 5.13. The number of hydrogen-bond donors (Lipinski definition) is 1. The van der Waals surface area contributed by atoms with Crippen molar-refractivity contribution in [3.05, 3.63) is 35.0 Å². The van der Waals surface area contributed by atoms with E-state index in [1.54, 1.807) is 4.68 Å². The van der Waals surface area contributed by atoms with Crippen LogP contribution in [0.5, 0.6) is 0 Å². The zero-order chi connectivity index (χ0) is 14.3. The van der Waals surface area contributed by atoms with Crippen molar-refractivity contribution < 1.29 is 0 Å². The summed E-state index contributed by atoms with van der Waals surface area (Å²) in [6, 6.07) is 7.87. The zero-order valence-electron chi connectivity index (χ0n) is 11.9. The largest absolute Gasteiger partial charge is 0.383 e. The first-order chi connectivity index (χ1) is 9.58. The Morgan fingerprint density at radius 2 is 1.95 bits per heavy atom. The third-order valence-electron chi connectivity index (χ3n) is 4.46. The van der Waals surface area contributed by atoms with Gasteiger partial charge in [-0.3, -0.25) is 4.68 Å². The molecule has 0 amide bonds. The number of aryl methyl sites for hydroxylation is 1. The molecule has 1 saturated carbocycles. The Labute approximate surface area is 124 Å². The smallest absolute Gasteiger partial charge is 0.129 e. The average molecular weight is 290 g/mol. The summed E-state index contributed by atoms with van der Waals surface area (Å²) in [4.78, 5) is 0. The molecule has 20 heavy (non-hydrogen) atoms. The van der Waals surface area contributed by atoms with Crippen LogP contribution in [0.3, 0.4) is 0 Å². The molecule has 0 bridgehead atoms. The van der Waals surface area contributed by atoms with Crippen molar-refractivity contribution in [2.45, 2.75) is 32.1 Å². The van der Waals surface area contributed by atoms with Crippen LogP contribution in [0.4, 0.5) is 5.82 Å². The van der Waals surface area contributed by atoms with Crippen LogP contribution in [0.25, 0.3) is 11.1 Å². The maximum atomic E-state index is 6.25. The van der Waals surface area contributed by atoms with Crippen LogP contribution in [-0.2, 0) is 7.05 Å². The van der Waals surface area contributed by atoms with Gasteiger partial charge in [0.05, 0.1) is 5.69 Å². The molecule has 0 aliphatic heterocycles. The number of nitrogens with zero attached hydrogens (tertiary/aromatic N) is 2. The van der Waals surface area contributed by atoms with E-state index < -0.39 is 0 Å². The van der Waals surface area contributed by atoms with E-state index in [1.807, 2.05) is 31.3 Å². The molecule has 1 heterocycles. The van der Waals surface area contributed by atoms with Crippen LogP contribution < -0.4 is 5.73 Å². The highest BCUT2D eigenvalue weighted by molar-refractivity contribution is 6.30. The van der Waals surface area contributed by atoms with Gasteiger partial charge in [-0.25, -0.2) is 0 Å². The van der Waals surface area contributed by atoms with Gasteiger partial charge in [-0.15, -0.1) is 0 Å². The van der Waals surface area contributed by atoms with Crippen LogP contribution in [0, 0.1) is 5.92 Å². The summed E-state index contributed by atoms with van der Waals surface area (Å²) in [6.45, 7) is 2.31. The van der Waals surface area contributed by atoms with Crippen LogP contribution >= 0.6 is 11.6 Å². The molecule has 106 valence electrons. The maximum absolute atomic E-state index is 6.25. The van der Waals surface area contributed by atoms with E-state index in [4.69, 9.17) is 22.4 Å². The van der Waals surface area contributed by atoms with Gasteiger partial charge < -0.3 is 5.73 Å². The number of rotatable bonds is 2. The van der Waals surface area contributed by atoms with Gasteiger partial charge in [0.1, 0.15) is 5.82 Å². The van der Waals surface area contributed by atoms with Gasteiger partial charge >= 0.3 is 0 Å². The number of hydrogen-bond acceptors (Lipinski definition) is 2. The Kier molecular flexibility index (Phi) is 3.47. The normalized spacial score (nSPS) is 22.4. The van der Waals surface area contributed by atoms with E-state index in [-0.39, 0.29) is 0 Å². The Morgan fingerprint density at radius 3 is 2.55 bits per heavy atom. The highest BCUT2D eigenvalue weighted by atomic mass is 35.5. The minimum absolute atomic E-state index is 0.518. The summed E-state index contributed by atoms with van der Waals surface area (Å²) in [5, 5.41) is 5.44. The zero-order valence-corrected chi connectivity index (χ0v) is 12.7. The number of benzene rings is 1. The molecule has 2 aromatic rings. The summed E-state index contributed by atoms with van der Waals surface area (Å²) in [5.74, 6) is 1.93. The Hall–Kier alpha value is -1.48. The van der Waals surface area contributed by atoms with Crippen LogP contribution in [-0.4, -0.2) is 9.78 Å². The minimum atomic E-state index is 0.518. The fraction of sp³-hybridized carbons (Fsp3) is 0.438. The lowest BCUT2D eigenvalue weighted by Crippen LogP contribution is -2.05. The number of halogens is 1. The summed E-state index contributed by atoms with van der Waals surface area (Å²) in [6.07, 6.45) is 3.77. The van der Waals surface area contributed by atoms with Crippen molar-refractivity contribution in [2.75, 3.05) is 5.73 Å². The predicted octanol–water partition coefficient (Wildman–Crippen LogP) is 4.23. The topological polar surface area (TPSA) is 43.8 Å². The molecule has 2 atom stereocenters. The monoisotopic (exact) mass is 289 g/mol. The molecular formula is C16H20ClN3. The quantitative estimate of drug-likeness (QED) is 0.899. The highest BCUT2D eigenvalue weighted by Crippen LogP contribution is 2.44. The highest BCUT2D eigenvalue weighted by Gasteiger charge is 2.31. The lowest BCUT2D eigenvalue weighted by Gasteiger charge is -2.15. The number of anilines is 1. The molecule has 1 aliphatic rings. The first-order valence-corrected chi connectivity index (χ1v) is 7.54. The minimum Gasteiger partial charge on any atom is -0.383 e. The van der Waals surface area contributed by atoms with Gasteiger partial charge in [-0.1, -0.05) is 43.5 Å². The van der Waals surface area contributed by atoms with E-state index in [0.717, 1.165) is 27.7 Å². The van der Waals surface area contributed by atoms with E-state index in [9.17, 15) is 0 Å². The van der Waals surface area contributed by atoms with Crippen molar-refractivity contribution in [3.63, 3.8) is 0 Å². The SMILES string of the molecule is CC1CCCC1c1nn(C)c(N)c1-c1ccc(Cl)cc1. The molecule has 4 heteroatoms. The first-order valence-electron chi connectivity index (χ1n) is 7.16. The van der Waals surface area contributed by atoms with Gasteiger partial charge in [0.25, 0.3) is 0 Å². The molecule has 1 aromatic heterocycles. The summed E-state index contributed by atoms with van der Waals surface area (Å²) < 4.78 is 1.80. The molecule has 3 nitrogen and oxygen atoms in total. The second-order valence-corrected chi connectivity index (χ2v) is 6.23. The second-order valence-electron chi connectivity index (χ2n) is 5.79. The van der Waals surface area contributed by atoms with Crippen molar-refractivity contribution >= 4 is 17.4 Å². The van der Waals surface area contributed by atoms with E-state index in [2.05, 4.69) is 6.92 Å². The summed E-state index contributed by atoms with van der Waals surface area (Å²) in [7, 11) is 1.91. The number of aromatic nitrogens is 2. The molecule has 1 fully saturated rings. The Balaban J connectivity index is 2.11. The third kappa shape index (κ3) is 2.20. The molecular weight excluding hydrogens is 270 g/mol. The lowest BCUT2D eigenvalue weighted by atomic mass is 9.90. The van der Waals surface area contributed by atoms with E-state index >= 15 is 0 Å². The van der Waals surface area contributed by atoms with Crippen molar-refractivity contribution in [3.8, 4) is 11.1 Å². The number of nitrogen functional groups attached to an aromatic ring is 1. The molecule has 3 rings (SSSR count).